The van der Waals surface area contributed by atoms with Gasteiger partial charge in [-0.05, 0) is 12.1 Å². The maximum absolute atomic E-state index is 12.0. The van der Waals surface area contributed by atoms with Crippen LogP contribution < -0.4 is 11.1 Å². The van der Waals surface area contributed by atoms with Crippen molar-refractivity contribution in [2.75, 3.05) is 24.8 Å². The van der Waals surface area contributed by atoms with Crippen LogP contribution in [0.1, 0.15) is 10.4 Å². The van der Waals surface area contributed by atoms with Gasteiger partial charge in [-0.2, -0.15) is 5.10 Å². The molecule has 2 aromatic rings. The zero-order valence-corrected chi connectivity index (χ0v) is 11.6. The molecule has 1 amide bonds. The Morgan fingerprint density at radius 2 is 2.35 bits per heavy atom. The van der Waals surface area contributed by atoms with Crippen LogP contribution >= 0.6 is 11.6 Å². The maximum atomic E-state index is 12.0. The first-order valence-corrected chi connectivity index (χ1v) is 6.22. The van der Waals surface area contributed by atoms with Crippen molar-refractivity contribution in [3.05, 3.63) is 35.2 Å². The highest BCUT2D eigenvalue weighted by molar-refractivity contribution is 6.30. The molecule has 2 aromatic heterocycles. The zero-order valence-electron chi connectivity index (χ0n) is 10.8. The molecule has 0 unspecified atom stereocenters. The van der Waals surface area contributed by atoms with Crippen LogP contribution in [0.15, 0.2) is 24.5 Å². The number of pyridine rings is 1. The van der Waals surface area contributed by atoms with Gasteiger partial charge < -0.3 is 15.8 Å². The minimum Gasteiger partial charge on any atom is -0.384 e. The van der Waals surface area contributed by atoms with Gasteiger partial charge in [0.2, 0.25) is 0 Å². The first-order chi connectivity index (χ1) is 9.58. The topological polar surface area (TPSA) is 95.1 Å². The molecule has 8 heteroatoms. The number of carbonyl (C=O) groups is 1. The monoisotopic (exact) mass is 295 g/mol. The summed E-state index contributed by atoms with van der Waals surface area (Å²) in [6.45, 7) is 1.16. The number of nitrogens with one attached hydrogen (secondary N) is 1. The Hall–Kier alpha value is -2.12. The van der Waals surface area contributed by atoms with Crippen LogP contribution in [0, 0.1) is 0 Å². The number of hydrogen-bond donors (Lipinski definition) is 2. The van der Waals surface area contributed by atoms with Crippen LogP contribution in [-0.4, -0.2) is 34.4 Å². The molecule has 0 spiro atoms. The second kappa shape index (κ2) is 6.36. The van der Waals surface area contributed by atoms with Gasteiger partial charge in [-0.25, -0.2) is 4.98 Å². The average molecular weight is 296 g/mol. The minimum absolute atomic E-state index is 0.172. The number of carbonyl (C=O) groups excluding carboxylic acids is 1. The van der Waals surface area contributed by atoms with Crippen molar-refractivity contribution >= 4 is 29.0 Å². The third-order valence-electron chi connectivity index (χ3n) is 2.49. The number of rotatable bonds is 5. The molecule has 0 fully saturated rings. The Morgan fingerprint density at radius 3 is 3.05 bits per heavy atom. The third kappa shape index (κ3) is 3.69. The quantitative estimate of drug-likeness (QED) is 0.813. The van der Waals surface area contributed by atoms with E-state index in [9.17, 15) is 4.79 Å². The Balaban J connectivity index is 2.05. The summed E-state index contributed by atoms with van der Waals surface area (Å²) >= 11 is 5.76. The second-order valence-corrected chi connectivity index (χ2v) is 4.43. The summed E-state index contributed by atoms with van der Waals surface area (Å²) in [6, 6.07) is 2.90. The molecular formula is C12H14ClN5O2. The molecule has 0 aliphatic rings. The number of methoxy groups -OCH3 is 1. The van der Waals surface area contributed by atoms with Crippen LogP contribution in [0.2, 0.25) is 5.15 Å². The van der Waals surface area contributed by atoms with Crippen molar-refractivity contribution in [2.24, 2.45) is 0 Å². The van der Waals surface area contributed by atoms with Crippen molar-refractivity contribution in [3.8, 4) is 0 Å². The molecule has 0 atom stereocenters. The molecule has 0 saturated carbocycles. The first kappa shape index (κ1) is 14.3. The number of nitrogens with zero attached hydrogens (tertiary/aromatic N) is 3. The van der Waals surface area contributed by atoms with Crippen molar-refractivity contribution in [2.45, 2.75) is 6.54 Å². The van der Waals surface area contributed by atoms with Gasteiger partial charge >= 0.3 is 0 Å². The van der Waals surface area contributed by atoms with E-state index in [1.165, 1.54) is 12.1 Å². The van der Waals surface area contributed by atoms with Crippen LogP contribution in [0.5, 0.6) is 0 Å². The summed E-state index contributed by atoms with van der Waals surface area (Å²) in [5, 5.41) is 6.97. The van der Waals surface area contributed by atoms with E-state index in [0.717, 1.165) is 0 Å². The lowest BCUT2D eigenvalue weighted by molar-refractivity contribution is 0.102. The molecule has 7 nitrogen and oxygen atoms in total. The van der Waals surface area contributed by atoms with E-state index in [1.54, 1.807) is 24.2 Å². The van der Waals surface area contributed by atoms with E-state index in [0.29, 0.717) is 24.4 Å². The van der Waals surface area contributed by atoms with Gasteiger partial charge in [0, 0.05) is 18.9 Å². The normalized spacial score (nSPS) is 10.5. The molecule has 3 N–H and O–H groups in total. The summed E-state index contributed by atoms with van der Waals surface area (Å²) in [6.07, 6.45) is 3.27. The van der Waals surface area contributed by atoms with Crippen molar-refractivity contribution in [3.63, 3.8) is 0 Å². The zero-order chi connectivity index (χ0) is 14.5. The highest BCUT2D eigenvalue weighted by Gasteiger charge is 2.10. The number of nitrogens with two attached hydrogens (primary N) is 1. The molecule has 2 rings (SSSR count). The predicted octanol–water partition coefficient (Wildman–Crippen LogP) is 1.41. The predicted molar refractivity (Wildman–Crippen MR) is 75.7 cm³/mol. The lowest BCUT2D eigenvalue weighted by Gasteiger charge is -2.04. The highest BCUT2D eigenvalue weighted by atomic mass is 35.5. The standard InChI is InChI=1S/C12H14ClN5O2/c1-20-3-2-18-7-9(6-15-18)16-12(19)8-4-10(13)17-11(14)5-8/h4-7H,2-3H2,1H3,(H2,14,17)(H,16,19). The van der Waals surface area contributed by atoms with Gasteiger partial charge in [0.1, 0.15) is 11.0 Å². The Bertz CT molecular complexity index is 593. The summed E-state index contributed by atoms with van der Waals surface area (Å²) in [4.78, 5) is 15.8. The largest absolute Gasteiger partial charge is 0.384 e. The number of ether oxygens (including phenoxy) is 1. The van der Waals surface area contributed by atoms with Crippen LogP contribution in [0.25, 0.3) is 0 Å². The summed E-state index contributed by atoms with van der Waals surface area (Å²) in [7, 11) is 1.61. The number of nitrogen functional groups attached to an aromatic ring is 1. The molecule has 0 saturated heterocycles. The Morgan fingerprint density at radius 1 is 1.55 bits per heavy atom. The average Bonchev–Trinajstić information content (AvgIpc) is 2.82. The number of hydrogen-bond acceptors (Lipinski definition) is 5. The Kier molecular flexibility index (Phi) is 4.54. The SMILES string of the molecule is COCCn1cc(NC(=O)c2cc(N)nc(Cl)c2)cn1. The van der Waals surface area contributed by atoms with E-state index < -0.39 is 0 Å². The van der Waals surface area contributed by atoms with E-state index in [4.69, 9.17) is 22.1 Å². The van der Waals surface area contributed by atoms with Crippen molar-refractivity contribution in [1.29, 1.82) is 0 Å². The smallest absolute Gasteiger partial charge is 0.255 e. The van der Waals surface area contributed by atoms with Crippen LogP contribution in [-0.2, 0) is 11.3 Å². The summed E-state index contributed by atoms with van der Waals surface area (Å²) in [5.74, 6) is -0.134. The van der Waals surface area contributed by atoms with E-state index in [-0.39, 0.29) is 16.9 Å². The lowest BCUT2D eigenvalue weighted by Crippen LogP contribution is -2.12. The molecule has 106 valence electrons. The molecule has 20 heavy (non-hydrogen) atoms. The van der Waals surface area contributed by atoms with Crippen molar-refractivity contribution < 1.29 is 9.53 Å². The van der Waals surface area contributed by atoms with Crippen molar-refractivity contribution in [1.82, 2.24) is 14.8 Å². The molecule has 0 radical (unpaired) electrons. The Labute approximate surface area is 120 Å². The second-order valence-electron chi connectivity index (χ2n) is 4.04. The van der Waals surface area contributed by atoms with Gasteiger partial charge in [0.05, 0.1) is 25.0 Å². The van der Waals surface area contributed by atoms with Gasteiger partial charge in [-0.3, -0.25) is 9.48 Å². The van der Waals surface area contributed by atoms with E-state index in [2.05, 4.69) is 15.4 Å². The first-order valence-electron chi connectivity index (χ1n) is 5.84. The van der Waals surface area contributed by atoms with E-state index in [1.807, 2.05) is 0 Å². The molecule has 2 heterocycles. The third-order valence-corrected chi connectivity index (χ3v) is 2.69. The fourth-order valence-electron chi connectivity index (χ4n) is 1.59. The van der Waals surface area contributed by atoms with E-state index >= 15 is 0 Å². The van der Waals surface area contributed by atoms with Crippen LogP contribution in [0.4, 0.5) is 11.5 Å². The van der Waals surface area contributed by atoms with Gasteiger partial charge in [-0.1, -0.05) is 11.6 Å². The molecule has 0 aromatic carbocycles. The molecular weight excluding hydrogens is 282 g/mol. The summed E-state index contributed by atoms with van der Waals surface area (Å²) < 4.78 is 6.62. The number of aromatic nitrogens is 3. The fraction of sp³-hybridized carbons (Fsp3) is 0.250. The maximum Gasteiger partial charge on any atom is 0.255 e. The molecule has 0 aliphatic heterocycles. The summed E-state index contributed by atoms with van der Waals surface area (Å²) in [5.41, 5.74) is 6.46. The number of amides is 1. The minimum atomic E-state index is -0.327. The van der Waals surface area contributed by atoms with Gasteiger partial charge in [0.15, 0.2) is 0 Å². The van der Waals surface area contributed by atoms with Gasteiger partial charge in [0.25, 0.3) is 5.91 Å². The molecule has 0 bridgehead atoms. The highest BCUT2D eigenvalue weighted by Crippen LogP contribution is 2.14. The lowest BCUT2D eigenvalue weighted by atomic mass is 10.2. The van der Waals surface area contributed by atoms with Gasteiger partial charge in [-0.15, -0.1) is 0 Å². The number of halogens is 1. The number of anilines is 2. The van der Waals surface area contributed by atoms with Crippen LogP contribution in [0.3, 0.4) is 0 Å². The molecule has 0 aliphatic carbocycles. The fourth-order valence-corrected chi connectivity index (χ4v) is 1.80.